The molecule has 0 radical (unpaired) electrons. The Morgan fingerprint density at radius 3 is 1.90 bits per heavy atom. The fourth-order valence-corrected chi connectivity index (χ4v) is 3.86. The monoisotopic (exact) mass is 572 g/mol. The second-order valence-corrected chi connectivity index (χ2v) is 9.12. The molecule has 1 aliphatic carbocycles. The minimum Gasteiger partial charge on any atom is -0.372 e. The van der Waals surface area contributed by atoms with E-state index in [0.717, 1.165) is 57.4 Å². The minimum absolute atomic E-state index is 0.123. The maximum Gasteiger partial charge on any atom is 0.287 e. The van der Waals surface area contributed by atoms with Gasteiger partial charge in [-0.1, -0.05) is 85.6 Å². The van der Waals surface area contributed by atoms with Gasteiger partial charge in [0.2, 0.25) is 18.6 Å². The zero-order valence-electron chi connectivity index (χ0n) is 26.9. The molecule has 0 aromatic rings. The second-order valence-electron chi connectivity index (χ2n) is 9.12. The van der Waals surface area contributed by atoms with Crippen LogP contribution in [0.5, 0.6) is 0 Å². The van der Waals surface area contributed by atoms with Crippen molar-refractivity contribution >= 4 is 31.3 Å². The Morgan fingerprint density at radius 2 is 1.48 bits per heavy atom. The van der Waals surface area contributed by atoms with Gasteiger partial charge in [0.1, 0.15) is 6.79 Å². The predicted octanol–water partition coefficient (Wildman–Crippen LogP) is 5.11. The van der Waals surface area contributed by atoms with Crippen LogP contribution in [-0.4, -0.2) is 57.5 Å². The van der Waals surface area contributed by atoms with E-state index in [0.29, 0.717) is 12.6 Å². The lowest BCUT2D eigenvalue weighted by Crippen LogP contribution is -2.35. The summed E-state index contributed by atoms with van der Waals surface area (Å²) in [5, 5.41) is 8.50. The number of rotatable bonds is 15. The van der Waals surface area contributed by atoms with Crippen LogP contribution in [0.15, 0.2) is 12.7 Å². The Kier molecular flexibility index (Phi) is 51.4. The fourth-order valence-electron chi connectivity index (χ4n) is 3.86. The summed E-state index contributed by atoms with van der Waals surface area (Å²) >= 11 is 0. The molecule has 3 amide bonds. The van der Waals surface area contributed by atoms with Crippen LogP contribution in [0.1, 0.15) is 119 Å². The summed E-state index contributed by atoms with van der Waals surface area (Å²) < 4.78 is 0. The first-order valence-electron chi connectivity index (χ1n) is 15.1. The fraction of sp³-hybridized carbons (Fsp3) is 0.774. The zero-order valence-corrected chi connectivity index (χ0v) is 26.9. The van der Waals surface area contributed by atoms with Crippen LogP contribution in [0, 0.1) is 11.8 Å². The molecule has 0 heterocycles. The quantitative estimate of drug-likeness (QED) is 0.0927. The highest BCUT2D eigenvalue weighted by molar-refractivity contribution is 6.36. The Labute approximate surface area is 246 Å². The Balaban J connectivity index is -0.000000163. The van der Waals surface area contributed by atoms with Crippen LogP contribution in [0.3, 0.4) is 0 Å². The largest absolute Gasteiger partial charge is 0.372 e. The van der Waals surface area contributed by atoms with Gasteiger partial charge in [-0.3, -0.25) is 19.2 Å². The van der Waals surface area contributed by atoms with E-state index in [2.05, 4.69) is 56.0 Å². The SMILES string of the molecule is C=CCNC(=O)C(=O)C(CCCC)CCCCNC.C=O.CC.CC(NC=O)C1CCCCC1.CCC.NC=O. The van der Waals surface area contributed by atoms with E-state index in [1.807, 2.05) is 27.7 Å². The van der Waals surface area contributed by atoms with Crippen LogP contribution in [0.25, 0.3) is 0 Å². The maximum atomic E-state index is 12.1. The molecule has 238 valence electrons. The van der Waals surface area contributed by atoms with Crippen molar-refractivity contribution in [3.8, 4) is 0 Å². The lowest BCUT2D eigenvalue weighted by atomic mass is 9.85. The highest BCUT2D eigenvalue weighted by Crippen LogP contribution is 2.25. The average molecular weight is 573 g/mol. The summed E-state index contributed by atoms with van der Waals surface area (Å²) in [5.74, 6) is -0.120. The maximum absolute atomic E-state index is 12.1. The summed E-state index contributed by atoms with van der Waals surface area (Å²) in [4.78, 5) is 50.5. The van der Waals surface area contributed by atoms with E-state index in [4.69, 9.17) is 9.59 Å². The summed E-state index contributed by atoms with van der Waals surface area (Å²) in [6.45, 7) is 19.3. The molecule has 0 bridgehead atoms. The standard InChI is InChI=1S/C15H28N2O2.C9H17NO.C3H8.C2H6.CH3NO.CH2O/c1-4-6-9-13(10-7-8-12-16-3)14(18)15(19)17-11-5-2;1-8(10-7-11)9-5-3-2-4-6-9;1-3-2;1-2;2-1-3;1-2/h5,13,16H,2,4,6-12H2,1,3H3,(H,17,19);7-9H,2-6H2,1H3,(H,10,11);3H2,1-2H3;1-2H3;1H,(H2,2,3);1H2. The van der Waals surface area contributed by atoms with Crippen LogP contribution in [0.2, 0.25) is 0 Å². The number of ketones is 1. The van der Waals surface area contributed by atoms with E-state index in [-0.39, 0.29) is 18.1 Å². The molecule has 40 heavy (non-hydrogen) atoms. The lowest BCUT2D eigenvalue weighted by Gasteiger charge is -2.26. The number of amides is 3. The normalized spacial score (nSPS) is 12.9. The van der Waals surface area contributed by atoms with Crippen molar-refractivity contribution in [2.75, 3.05) is 20.1 Å². The first-order valence-corrected chi connectivity index (χ1v) is 15.1. The second kappa shape index (κ2) is 43.5. The van der Waals surface area contributed by atoms with Gasteiger partial charge in [-0.2, -0.15) is 0 Å². The van der Waals surface area contributed by atoms with Crippen LogP contribution in [0.4, 0.5) is 0 Å². The van der Waals surface area contributed by atoms with Gasteiger partial charge in [0.15, 0.2) is 0 Å². The average Bonchev–Trinajstić information content (AvgIpc) is 2.99. The number of Topliss-reactive ketones (excluding diaryl/α,β-unsaturated/α-hetero) is 1. The predicted molar refractivity (Wildman–Crippen MR) is 169 cm³/mol. The first-order chi connectivity index (χ1) is 19.3. The van der Waals surface area contributed by atoms with E-state index >= 15 is 0 Å². The van der Waals surface area contributed by atoms with Crippen molar-refractivity contribution in [3.05, 3.63) is 12.7 Å². The Hall–Kier alpha value is -2.55. The van der Waals surface area contributed by atoms with Crippen molar-refractivity contribution in [1.82, 2.24) is 16.0 Å². The number of carbonyl (C=O) groups is 5. The van der Waals surface area contributed by atoms with E-state index in [1.54, 1.807) is 6.08 Å². The molecule has 5 N–H and O–H groups in total. The summed E-state index contributed by atoms with van der Waals surface area (Å²) in [7, 11) is 1.92. The lowest BCUT2D eigenvalue weighted by molar-refractivity contribution is -0.140. The molecular formula is C31H64N4O5. The molecule has 0 saturated heterocycles. The number of primary amides is 1. The van der Waals surface area contributed by atoms with Gasteiger partial charge in [0.25, 0.3) is 5.91 Å². The number of hydrogen-bond acceptors (Lipinski definition) is 6. The molecule has 0 aliphatic heterocycles. The smallest absolute Gasteiger partial charge is 0.287 e. The number of carbonyl (C=O) groups excluding carboxylic acids is 5. The summed E-state index contributed by atoms with van der Waals surface area (Å²) in [6, 6.07) is 0.382. The Bertz CT molecular complexity index is 556. The first kappa shape index (κ1) is 47.3. The minimum atomic E-state index is -0.463. The van der Waals surface area contributed by atoms with Gasteiger partial charge in [-0.05, 0) is 58.5 Å². The van der Waals surface area contributed by atoms with Crippen LogP contribution < -0.4 is 21.7 Å². The van der Waals surface area contributed by atoms with Gasteiger partial charge in [-0.15, -0.1) is 6.58 Å². The summed E-state index contributed by atoms with van der Waals surface area (Å²) in [5.41, 5.74) is 4.17. The van der Waals surface area contributed by atoms with Crippen molar-refractivity contribution < 1.29 is 24.0 Å². The molecular weight excluding hydrogens is 508 g/mol. The van der Waals surface area contributed by atoms with Crippen molar-refractivity contribution in [2.24, 2.45) is 17.6 Å². The molecule has 9 nitrogen and oxygen atoms in total. The molecule has 1 rings (SSSR count). The third-order valence-electron chi connectivity index (χ3n) is 5.82. The summed E-state index contributed by atoms with van der Waals surface area (Å²) in [6.07, 6.45) is 16.2. The van der Waals surface area contributed by atoms with Gasteiger partial charge in [-0.25, -0.2) is 0 Å². The molecule has 0 aromatic heterocycles. The van der Waals surface area contributed by atoms with E-state index in [1.165, 1.54) is 38.5 Å². The van der Waals surface area contributed by atoms with Crippen LogP contribution >= 0.6 is 0 Å². The van der Waals surface area contributed by atoms with Crippen LogP contribution in [-0.2, 0) is 24.0 Å². The molecule has 2 unspecified atom stereocenters. The highest BCUT2D eigenvalue weighted by atomic mass is 16.2. The molecule has 0 spiro atoms. The number of unbranched alkanes of at least 4 members (excludes halogenated alkanes) is 2. The topological polar surface area (TPSA) is 147 Å². The van der Waals surface area contributed by atoms with Crippen molar-refractivity contribution in [2.45, 2.75) is 125 Å². The number of nitrogens with one attached hydrogen (secondary N) is 3. The van der Waals surface area contributed by atoms with Gasteiger partial charge < -0.3 is 26.5 Å². The van der Waals surface area contributed by atoms with Crippen molar-refractivity contribution in [3.63, 3.8) is 0 Å². The number of nitrogens with two attached hydrogens (primary N) is 1. The molecule has 1 fully saturated rings. The third-order valence-corrected chi connectivity index (χ3v) is 5.82. The van der Waals surface area contributed by atoms with Gasteiger partial charge >= 0.3 is 0 Å². The van der Waals surface area contributed by atoms with Gasteiger partial charge in [0.05, 0.1) is 0 Å². The molecule has 0 aromatic carbocycles. The van der Waals surface area contributed by atoms with Gasteiger partial charge in [0, 0.05) is 18.5 Å². The van der Waals surface area contributed by atoms with Crippen molar-refractivity contribution in [1.29, 1.82) is 0 Å². The molecule has 1 aliphatic rings. The van der Waals surface area contributed by atoms with E-state index < -0.39 is 5.91 Å². The Morgan fingerprint density at radius 1 is 0.975 bits per heavy atom. The van der Waals surface area contributed by atoms with E-state index in [9.17, 15) is 14.4 Å². The molecule has 2 atom stereocenters. The zero-order chi connectivity index (χ0) is 32.0. The molecule has 1 saturated carbocycles. The third kappa shape index (κ3) is 35.5. The molecule has 9 heteroatoms. The highest BCUT2D eigenvalue weighted by Gasteiger charge is 2.23. The number of hydrogen-bond donors (Lipinski definition) is 4.